The lowest BCUT2D eigenvalue weighted by Crippen LogP contribution is -2.50. The third kappa shape index (κ3) is 4.62. The van der Waals surface area contributed by atoms with Gasteiger partial charge in [-0.25, -0.2) is 14.8 Å². The molecule has 0 bridgehead atoms. The third-order valence-corrected chi connectivity index (χ3v) is 2.18. The van der Waals surface area contributed by atoms with E-state index in [1.54, 1.807) is 30.3 Å². The summed E-state index contributed by atoms with van der Waals surface area (Å²) < 4.78 is -1.05. The van der Waals surface area contributed by atoms with Gasteiger partial charge in [-0.05, 0) is 0 Å². The summed E-state index contributed by atoms with van der Waals surface area (Å²) in [4.78, 5) is 21.2. The first-order chi connectivity index (χ1) is 7.91. The van der Waals surface area contributed by atoms with Gasteiger partial charge in [-0.1, -0.05) is 30.3 Å². The summed E-state index contributed by atoms with van der Waals surface area (Å²) in [6.45, 7) is -1.36. The number of nitrogens with zero attached hydrogens (tertiary/aromatic N) is 1. The van der Waals surface area contributed by atoms with E-state index in [9.17, 15) is 14.8 Å². The SMILES string of the molecule is O=C(O)C[N+](O)(CC(=O)O)Cc1ccccc1. The lowest BCUT2D eigenvalue weighted by molar-refractivity contribution is -1.10. The molecule has 1 aromatic rings. The van der Waals surface area contributed by atoms with E-state index in [0.717, 1.165) is 0 Å². The Morgan fingerprint density at radius 3 is 1.88 bits per heavy atom. The molecule has 17 heavy (non-hydrogen) atoms. The van der Waals surface area contributed by atoms with E-state index in [-0.39, 0.29) is 6.54 Å². The van der Waals surface area contributed by atoms with Gasteiger partial charge in [0.05, 0.1) is 0 Å². The molecule has 3 N–H and O–H groups in total. The number of hydroxylamine groups is 3. The molecule has 0 unspecified atom stereocenters. The number of quaternary nitrogens is 1. The molecule has 6 nitrogen and oxygen atoms in total. The first-order valence-electron chi connectivity index (χ1n) is 4.98. The topological polar surface area (TPSA) is 94.8 Å². The van der Waals surface area contributed by atoms with Crippen LogP contribution in [-0.4, -0.2) is 45.1 Å². The number of hydrogen-bond acceptors (Lipinski definition) is 3. The number of benzene rings is 1. The summed E-state index contributed by atoms with van der Waals surface area (Å²) in [6, 6.07) is 8.66. The second-order valence-corrected chi connectivity index (χ2v) is 3.84. The average molecular weight is 240 g/mol. The van der Waals surface area contributed by atoms with Gasteiger partial charge in [0.25, 0.3) is 0 Å². The molecule has 0 spiro atoms. The summed E-state index contributed by atoms with van der Waals surface area (Å²) in [7, 11) is 0. The molecule has 0 saturated carbocycles. The van der Waals surface area contributed by atoms with Crippen molar-refractivity contribution >= 4 is 11.9 Å². The molecule has 92 valence electrons. The Morgan fingerprint density at radius 2 is 1.47 bits per heavy atom. The second-order valence-electron chi connectivity index (χ2n) is 3.84. The molecule has 0 aliphatic carbocycles. The highest BCUT2D eigenvalue weighted by atomic mass is 16.6. The van der Waals surface area contributed by atoms with Crippen LogP contribution in [0.25, 0.3) is 0 Å². The van der Waals surface area contributed by atoms with E-state index >= 15 is 0 Å². The first-order valence-corrected chi connectivity index (χ1v) is 4.98. The molecular formula is C11H14NO5+. The van der Waals surface area contributed by atoms with Crippen molar-refractivity contribution in [2.45, 2.75) is 6.54 Å². The highest BCUT2D eigenvalue weighted by Crippen LogP contribution is 2.11. The molecule has 0 amide bonds. The number of rotatable bonds is 6. The van der Waals surface area contributed by atoms with E-state index in [2.05, 4.69) is 0 Å². The van der Waals surface area contributed by atoms with Gasteiger partial charge in [0.2, 0.25) is 13.1 Å². The number of hydrogen-bond donors (Lipinski definition) is 3. The quantitative estimate of drug-likeness (QED) is 0.499. The number of carbonyl (C=O) groups is 2. The van der Waals surface area contributed by atoms with Crippen LogP contribution in [0.15, 0.2) is 30.3 Å². The minimum Gasteiger partial charge on any atom is -0.477 e. The Hall–Kier alpha value is -1.92. The fourth-order valence-electron chi connectivity index (χ4n) is 1.59. The van der Waals surface area contributed by atoms with Gasteiger partial charge in [-0.15, -0.1) is 0 Å². The number of aliphatic carboxylic acids is 2. The van der Waals surface area contributed by atoms with Crippen LogP contribution in [0, 0.1) is 0 Å². The lowest BCUT2D eigenvalue weighted by atomic mass is 10.2. The largest absolute Gasteiger partial charge is 0.477 e. The van der Waals surface area contributed by atoms with Crippen molar-refractivity contribution in [2.24, 2.45) is 0 Å². The molecule has 0 heterocycles. The highest BCUT2D eigenvalue weighted by molar-refractivity contribution is 5.70. The first kappa shape index (κ1) is 13.1. The summed E-state index contributed by atoms with van der Waals surface area (Å²) in [5.41, 5.74) is 0.678. The van der Waals surface area contributed by atoms with Crippen LogP contribution in [0.3, 0.4) is 0 Å². The van der Waals surface area contributed by atoms with Crippen LogP contribution in [0.2, 0.25) is 0 Å². The van der Waals surface area contributed by atoms with Crippen LogP contribution in [0.4, 0.5) is 0 Å². The normalized spacial score (nSPS) is 11.1. The fraction of sp³-hybridized carbons (Fsp3) is 0.273. The van der Waals surface area contributed by atoms with Crippen molar-refractivity contribution in [1.29, 1.82) is 0 Å². The Labute approximate surface area is 97.9 Å². The number of carboxylic acid groups (broad SMARTS) is 2. The molecule has 0 aliphatic rings. The van der Waals surface area contributed by atoms with Gasteiger partial charge in [-0.2, -0.15) is 4.65 Å². The van der Waals surface area contributed by atoms with Gasteiger partial charge in [-0.3, -0.25) is 0 Å². The van der Waals surface area contributed by atoms with Crippen molar-refractivity contribution in [2.75, 3.05) is 13.1 Å². The smallest absolute Gasteiger partial charge is 0.362 e. The monoisotopic (exact) mass is 240 g/mol. The molecule has 0 aliphatic heterocycles. The van der Waals surface area contributed by atoms with Crippen LogP contribution >= 0.6 is 0 Å². The average Bonchev–Trinajstić information content (AvgIpc) is 2.15. The molecule has 0 saturated heterocycles. The minimum absolute atomic E-state index is 0.0561. The van der Waals surface area contributed by atoms with Crippen molar-refractivity contribution in [1.82, 2.24) is 0 Å². The van der Waals surface area contributed by atoms with E-state index in [1.165, 1.54) is 0 Å². The van der Waals surface area contributed by atoms with E-state index in [4.69, 9.17) is 10.2 Å². The second kappa shape index (κ2) is 5.42. The maximum Gasteiger partial charge on any atom is 0.362 e. The summed E-state index contributed by atoms with van der Waals surface area (Å²) in [5.74, 6) is -2.49. The van der Waals surface area contributed by atoms with Crippen LogP contribution in [-0.2, 0) is 16.1 Å². The van der Waals surface area contributed by atoms with E-state index in [0.29, 0.717) is 5.56 Å². The molecule has 1 rings (SSSR count). The number of carboxylic acids is 2. The maximum atomic E-state index is 10.6. The summed E-state index contributed by atoms with van der Waals surface area (Å²) in [6.07, 6.45) is 0. The van der Waals surface area contributed by atoms with Crippen molar-refractivity contribution in [3.8, 4) is 0 Å². The lowest BCUT2D eigenvalue weighted by Gasteiger charge is -2.26. The zero-order valence-electron chi connectivity index (χ0n) is 9.11. The predicted molar refractivity (Wildman–Crippen MR) is 57.2 cm³/mol. The molecule has 0 aromatic heterocycles. The molecule has 0 radical (unpaired) electrons. The Bertz CT molecular complexity index is 388. The minimum atomic E-state index is -1.25. The molecule has 0 atom stereocenters. The highest BCUT2D eigenvalue weighted by Gasteiger charge is 2.32. The van der Waals surface area contributed by atoms with Crippen LogP contribution < -0.4 is 0 Å². The third-order valence-electron chi connectivity index (χ3n) is 2.18. The van der Waals surface area contributed by atoms with Gasteiger partial charge in [0, 0.05) is 5.56 Å². The van der Waals surface area contributed by atoms with Gasteiger partial charge in [0.1, 0.15) is 6.54 Å². The molecule has 1 aromatic carbocycles. The Balaban J connectivity index is 2.83. The van der Waals surface area contributed by atoms with Crippen molar-refractivity contribution in [3.63, 3.8) is 0 Å². The van der Waals surface area contributed by atoms with Crippen LogP contribution in [0.1, 0.15) is 5.56 Å². The van der Waals surface area contributed by atoms with Gasteiger partial charge < -0.3 is 10.2 Å². The predicted octanol–water partition coefficient (Wildman–Crippen LogP) is 0.562. The summed E-state index contributed by atoms with van der Waals surface area (Å²) >= 11 is 0. The van der Waals surface area contributed by atoms with Crippen LogP contribution in [0.5, 0.6) is 0 Å². The maximum absolute atomic E-state index is 10.6. The van der Waals surface area contributed by atoms with Crippen molar-refractivity contribution < 1.29 is 29.7 Å². The Kier molecular flexibility index (Phi) is 4.19. The standard InChI is InChI=1S/C11H13NO5/c13-10(14)7-12(17,8-11(15)16)6-9-4-2-1-3-5-9/h1-5,17H,6-8H2,(H-,13,14,15,16)/p+1. The Morgan fingerprint density at radius 1 is 1.00 bits per heavy atom. The van der Waals surface area contributed by atoms with E-state index in [1.807, 2.05) is 0 Å². The van der Waals surface area contributed by atoms with Gasteiger partial charge >= 0.3 is 11.9 Å². The van der Waals surface area contributed by atoms with Gasteiger partial charge in [0.15, 0.2) is 0 Å². The molecular weight excluding hydrogens is 226 g/mol. The fourth-order valence-corrected chi connectivity index (χ4v) is 1.59. The zero-order chi connectivity index (χ0) is 12.9. The zero-order valence-corrected chi connectivity index (χ0v) is 9.11. The molecule has 0 fully saturated rings. The van der Waals surface area contributed by atoms with E-state index < -0.39 is 29.7 Å². The summed E-state index contributed by atoms with van der Waals surface area (Å²) in [5, 5.41) is 27.3. The van der Waals surface area contributed by atoms with Crippen molar-refractivity contribution in [3.05, 3.63) is 35.9 Å². The molecule has 6 heteroatoms.